The smallest absolute Gasteiger partial charge is 0.251 e. The van der Waals surface area contributed by atoms with Crippen molar-refractivity contribution in [2.24, 2.45) is 11.8 Å². The number of carbonyl (C=O) groups excluding carboxylic acids is 1. The third kappa shape index (κ3) is 2.74. The highest BCUT2D eigenvalue weighted by atomic mass is 16.1. The number of carbonyl (C=O) groups is 1. The summed E-state index contributed by atoms with van der Waals surface area (Å²) in [7, 11) is 0. The van der Waals surface area contributed by atoms with Crippen LogP contribution in [0.5, 0.6) is 0 Å². The molecule has 0 aromatic carbocycles. The number of nitrogens with two attached hydrogens (primary N) is 1. The first-order valence-electron chi connectivity index (χ1n) is 5.94. The summed E-state index contributed by atoms with van der Waals surface area (Å²) >= 11 is 0. The van der Waals surface area contributed by atoms with Crippen LogP contribution in [0.4, 0.5) is 5.82 Å². The Hall–Kier alpha value is -1.62. The van der Waals surface area contributed by atoms with Crippen molar-refractivity contribution in [3.63, 3.8) is 0 Å². The highest BCUT2D eigenvalue weighted by Gasteiger charge is 2.25. The van der Waals surface area contributed by atoms with Gasteiger partial charge in [-0.1, -0.05) is 6.42 Å². The number of nitrogen functional groups attached to an aromatic ring is 1. The van der Waals surface area contributed by atoms with Gasteiger partial charge in [-0.05, 0) is 37.8 Å². The molecular weight excluding hydrogens is 216 g/mol. The quantitative estimate of drug-likeness (QED) is 0.541. The number of nitrogens with one attached hydrogen (secondary N) is 2. The summed E-state index contributed by atoms with van der Waals surface area (Å²) in [6.45, 7) is 2.06. The minimum atomic E-state index is -0.0664. The van der Waals surface area contributed by atoms with Crippen molar-refractivity contribution in [3.05, 3.63) is 23.9 Å². The second-order valence-corrected chi connectivity index (χ2v) is 4.53. The first kappa shape index (κ1) is 11.9. The largest absolute Gasteiger partial charge is 0.349 e. The van der Waals surface area contributed by atoms with Gasteiger partial charge in [0.1, 0.15) is 5.82 Å². The Kier molecular flexibility index (Phi) is 3.58. The molecule has 1 heterocycles. The van der Waals surface area contributed by atoms with Gasteiger partial charge in [0.15, 0.2) is 0 Å². The molecule has 0 aliphatic heterocycles. The topological polar surface area (TPSA) is 80.0 Å². The van der Waals surface area contributed by atoms with E-state index in [0.29, 0.717) is 17.3 Å². The number of hydrogen-bond acceptors (Lipinski definition) is 4. The highest BCUT2D eigenvalue weighted by Crippen LogP contribution is 2.29. The lowest BCUT2D eigenvalue weighted by atomic mass is 9.80. The van der Waals surface area contributed by atoms with E-state index in [-0.39, 0.29) is 11.9 Å². The van der Waals surface area contributed by atoms with Crippen LogP contribution >= 0.6 is 0 Å². The molecule has 1 atom stereocenters. The normalized spacial score (nSPS) is 17.1. The van der Waals surface area contributed by atoms with E-state index in [0.717, 1.165) is 0 Å². The van der Waals surface area contributed by atoms with Crippen LogP contribution in [-0.2, 0) is 0 Å². The molecule has 92 valence electrons. The maximum Gasteiger partial charge on any atom is 0.251 e. The van der Waals surface area contributed by atoms with Crippen molar-refractivity contribution in [2.45, 2.75) is 32.2 Å². The van der Waals surface area contributed by atoms with Gasteiger partial charge >= 0.3 is 0 Å². The van der Waals surface area contributed by atoms with Gasteiger partial charge in [-0.2, -0.15) is 0 Å². The number of anilines is 1. The summed E-state index contributed by atoms with van der Waals surface area (Å²) in [6.07, 6.45) is 5.28. The highest BCUT2D eigenvalue weighted by molar-refractivity contribution is 5.94. The Balaban J connectivity index is 1.98. The summed E-state index contributed by atoms with van der Waals surface area (Å²) in [5.74, 6) is 6.32. The van der Waals surface area contributed by atoms with Gasteiger partial charge in [-0.3, -0.25) is 4.79 Å². The van der Waals surface area contributed by atoms with Gasteiger partial charge in [0, 0.05) is 17.8 Å². The molecule has 1 aliphatic rings. The molecule has 1 saturated carbocycles. The van der Waals surface area contributed by atoms with Crippen LogP contribution in [0.15, 0.2) is 18.3 Å². The summed E-state index contributed by atoms with van der Waals surface area (Å²) in [5, 5.41) is 3.01. The van der Waals surface area contributed by atoms with Crippen LogP contribution < -0.4 is 16.6 Å². The molecule has 2 rings (SSSR count). The van der Waals surface area contributed by atoms with Crippen molar-refractivity contribution in [3.8, 4) is 0 Å². The van der Waals surface area contributed by atoms with Crippen molar-refractivity contribution in [1.29, 1.82) is 0 Å². The molecule has 0 saturated heterocycles. The van der Waals surface area contributed by atoms with E-state index in [1.165, 1.54) is 19.3 Å². The minimum absolute atomic E-state index is 0.0664. The molecule has 1 aromatic heterocycles. The maximum atomic E-state index is 12.0. The average molecular weight is 234 g/mol. The summed E-state index contributed by atoms with van der Waals surface area (Å²) in [4.78, 5) is 15.9. The van der Waals surface area contributed by atoms with E-state index in [4.69, 9.17) is 5.84 Å². The third-order valence-electron chi connectivity index (χ3n) is 3.39. The molecule has 0 bridgehead atoms. The monoisotopic (exact) mass is 234 g/mol. The van der Waals surface area contributed by atoms with Crippen molar-refractivity contribution in [1.82, 2.24) is 10.3 Å². The molecule has 1 fully saturated rings. The standard InChI is InChI=1S/C12H18N4O/c1-8(9-3-2-4-9)15-12(17)10-5-6-14-11(7-10)16-13/h5-9H,2-4,13H2,1H3,(H,14,16)(H,15,17). The molecule has 17 heavy (non-hydrogen) atoms. The zero-order chi connectivity index (χ0) is 12.3. The molecule has 5 nitrogen and oxygen atoms in total. The summed E-state index contributed by atoms with van der Waals surface area (Å²) in [5.41, 5.74) is 3.01. The number of rotatable bonds is 4. The molecule has 4 N–H and O–H groups in total. The third-order valence-corrected chi connectivity index (χ3v) is 3.39. The Morgan fingerprint density at radius 1 is 1.59 bits per heavy atom. The van der Waals surface area contributed by atoms with Gasteiger partial charge in [0.25, 0.3) is 5.91 Å². The first-order chi connectivity index (χ1) is 8.20. The molecule has 1 aromatic rings. The van der Waals surface area contributed by atoms with Gasteiger partial charge in [0.2, 0.25) is 0 Å². The molecule has 5 heteroatoms. The molecule has 0 radical (unpaired) electrons. The fraction of sp³-hybridized carbons (Fsp3) is 0.500. The zero-order valence-electron chi connectivity index (χ0n) is 9.94. The number of aromatic nitrogens is 1. The number of amides is 1. The number of hydrogen-bond donors (Lipinski definition) is 3. The minimum Gasteiger partial charge on any atom is -0.349 e. The number of pyridine rings is 1. The van der Waals surface area contributed by atoms with Gasteiger partial charge in [0.05, 0.1) is 0 Å². The molecule has 0 spiro atoms. The Morgan fingerprint density at radius 3 is 2.94 bits per heavy atom. The maximum absolute atomic E-state index is 12.0. The fourth-order valence-electron chi connectivity index (χ4n) is 2.00. The van der Waals surface area contributed by atoms with Crippen LogP contribution in [0.1, 0.15) is 36.5 Å². The van der Waals surface area contributed by atoms with Gasteiger partial charge < -0.3 is 10.7 Å². The molecule has 1 amide bonds. The molecule has 1 aliphatic carbocycles. The summed E-state index contributed by atoms with van der Waals surface area (Å²) < 4.78 is 0. The lowest BCUT2D eigenvalue weighted by molar-refractivity contribution is 0.0909. The van der Waals surface area contributed by atoms with Gasteiger partial charge in [-0.15, -0.1) is 0 Å². The second kappa shape index (κ2) is 5.14. The van der Waals surface area contributed by atoms with Crippen LogP contribution in [0.3, 0.4) is 0 Å². The van der Waals surface area contributed by atoms with E-state index in [2.05, 4.69) is 22.7 Å². The fourth-order valence-corrected chi connectivity index (χ4v) is 2.00. The van der Waals surface area contributed by atoms with Crippen molar-refractivity contribution >= 4 is 11.7 Å². The van der Waals surface area contributed by atoms with Crippen molar-refractivity contribution < 1.29 is 4.79 Å². The van der Waals surface area contributed by atoms with E-state index in [1.807, 2.05) is 0 Å². The molecular formula is C12H18N4O. The van der Waals surface area contributed by atoms with E-state index in [9.17, 15) is 4.79 Å². The SMILES string of the molecule is CC(NC(=O)c1ccnc(NN)c1)C1CCC1. The van der Waals surface area contributed by atoms with E-state index in [1.54, 1.807) is 18.3 Å². The predicted octanol–water partition coefficient (Wildman–Crippen LogP) is 1.29. The number of hydrazine groups is 1. The molecule has 1 unspecified atom stereocenters. The van der Waals surface area contributed by atoms with Gasteiger partial charge in [-0.25, -0.2) is 10.8 Å². The Labute approximate surface area is 101 Å². The summed E-state index contributed by atoms with van der Waals surface area (Å²) in [6, 6.07) is 3.56. The Morgan fingerprint density at radius 2 is 2.35 bits per heavy atom. The van der Waals surface area contributed by atoms with Crippen molar-refractivity contribution in [2.75, 3.05) is 5.43 Å². The van der Waals surface area contributed by atoms with E-state index >= 15 is 0 Å². The van der Waals surface area contributed by atoms with Crippen LogP contribution in [0.2, 0.25) is 0 Å². The van der Waals surface area contributed by atoms with Crippen LogP contribution in [-0.4, -0.2) is 16.9 Å². The second-order valence-electron chi connectivity index (χ2n) is 4.53. The number of nitrogens with zero attached hydrogens (tertiary/aromatic N) is 1. The predicted molar refractivity (Wildman–Crippen MR) is 66.3 cm³/mol. The Bertz CT molecular complexity index is 403. The lowest BCUT2D eigenvalue weighted by Gasteiger charge is -2.31. The van der Waals surface area contributed by atoms with Crippen LogP contribution in [0, 0.1) is 5.92 Å². The zero-order valence-corrected chi connectivity index (χ0v) is 9.94. The van der Waals surface area contributed by atoms with Crippen LogP contribution in [0.25, 0.3) is 0 Å². The average Bonchev–Trinajstić information content (AvgIpc) is 2.26. The van der Waals surface area contributed by atoms with E-state index < -0.39 is 0 Å². The first-order valence-corrected chi connectivity index (χ1v) is 5.94. The lowest BCUT2D eigenvalue weighted by Crippen LogP contribution is -2.40.